The fourth-order valence-corrected chi connectivity index (χ4v) is 8.38. The monoisotopic (exact) mass is 776 g/mol. The number of methoxy groups -OCH3 is 2. The minimum Gasteiger partial charge on any atom is -0.497 e. The molecule has 7 heteroatoms. The summed E-state index contributed by atoms with van der Waals surface area (Å²) in [6.45, 7) is 20.2. The molecule has 300 valence electrons. The van der Waals surface area contributed by atoms with Crippen molar-refractivity contribution < 1.29 is 28.2 Å². The number of rotatable bonds is 20. The quantitative estimate of drug-likeness (QED) is 0.0385. The maximum atomic E-state index is 13.0. The number of hydrogen-bond acceptors (Lipinski definition) is 6. The zero-order chi connectivity index (χ0) is 40.9. The van der Waals surface area contributed by atoms with Gasteiger partial charge in [0.15, 0.2) is 8.32 Å². The Bertz CT molecular complexity index is 1790. The standard InChI is InChI=1S/C49H64O6Si/c1-12-19-36(2)32-37(3)47(55-56(10,11)48(5,6)7)45(46(38(4)33-50)53-34-39-24-28-43(51-8)29-25-39)35-54-49(40-20-15-13-16-21-40,41-22-17-14-18-23-41)42-26-30-44(52-9)31-27-42/h12-33,36,38,45-47H,34-35H2,1-11H3/b19-12-,37-32+/t36-,38+,45-,46-,47+/m0/s1. The number of hydrogen-bond donors (Lipinski definition) is 0. The summed E-state index contributed by atoms with van der Waals surface area (Å²) in [6.07, 6.45) is 6.56. The van der Waals surface area contributed by atoms with E-state index in [0.717, 1.165) is 45.6 Å². The molecule has 0 saturated heterocycles. The van der Waals surface area contributed by atoms with Crippen LogP contribution in [0.15, 0.2) is 133 Å². The molecule has 5 atom stereocenters. The van der Waals surface area contributed by atoms with E-state index >= 15 is 0 Å². The summed E-state index contributed by atoms with van der Waals surface area (Å²) in [6, 6.07) is 36.7. The van der Waals surface area contributed by atoms with Gasteiger partial charge in [-0.1, -0.05) is 138 Å². The van der Waals surface area contributed by atoms with E-state index in [1.807, 2.05) is 86.6 Å². The van der Waals surface area contributed by atoms with E-state index in [2.05, 4.69) is 102 Å². The Morgan fingerprint density at radius 1 is 0.750 bits per heavy atom. The van der Waals surface area contributed by atoms with E-state index in [-0.39, 0.29) is 17.6 Å². The van der Waals surface area contributed by atoms with Crippen molar-refractivity contribution in [3.8, 4) is 11.5 Å². The van der Waals surface area contributed by atoms with Gasteiger partial charge in [-0.2, -0.15) is 0 Å². The Balaban J connectivity index is 1.98. The van der Waals surface area contributed by atoms with Crippen LogP contribution >= 0.6 is 0 Å². The predicted molar refractivity (Wildman–Crippen MR) is 232 cm³/mol. The van der Waals surface area contributed by atoms with Crippen molar-refractivity contribution in [1.29, 1.82) is 0 Å². The van der Waals surface area contributed by atoms with Gasteiger partial charge in [-0.05, 0) is 90.0 Å². The van der Waals surface area contributed by atoms with Gasteiger partial charge in [0.25, 0.3) is 0 Å². The molecule has 0 aromatic heterocycles. The van der Waals surface area contributed by atoms with Crippen LogP contribution < -0.4 is 9.47 Å². The molecule has 56 heavy (non-hydrogen) atoms. The number of ether oxygens (including phenoxy) is 4. The third-order valence-electron chi connectivity index (χ3n) is 11.2. The number of allylic oxidation sites excluding steroid dienone is 3. The van der Waals surface area contributed by atoms with Crippen molar-refractivity contribution in [3.63, 3.8) is 0 Å². The highest BCUT2D eigenvalue weighted by Gasteiger charge is 2.46. The Morgan fingerprint density at radius 2 is 1.25 bits per heavy atom. The Labute approximate surface area is 338 Å². The van der Waals surface area contributed by atoms with Crippen molar-refractivity contribution in [2.24, 2.45) is 17.8 Å². The normalized spacial score (nSPS) is 15.5. The Kier molecular flexibility index (Phi) is 16.1. The molecule has 0 unspecified atom stereocenters. The molecule has 0 aliphatic carbocycles. The fourth-order valence-electron chi connectivity index (χ4n) is 7.03. The molecule has 6 nitrogen and oxygen atoms in total. The maximum absolute atomic E-state index is 13.0. The molecule has 4 aromatic rings. The summed E-state index contributed by atoms with van der Waals surface area (Å²) in [5.41, 5.74) is 3.93. The second-order valence-electron chi connectivity index (χ2n) is 16.3. The van der Waals surface area contributed by atoms with Crippen molar-refractivity contribution in [2.45, 2.75) is 91.0 Å². The van der Waals surface area contributed by atoms with Gasteiger partial charge in [-0.3, -0.25) is 0 Å². The van der Waals surface area contributed by atoms with Gasteiger partial charge >= 0.3 is 0 Å². The van der Waals surface area contributed by atoms with Crippen LogP contribution in [0.5, 0.6) is 11.5 Å². The van der Waals surface area contributed by atoms with Crippen LogP contribution in [0.4, 0.5) is 0 Å². The highest BCUT2D eigenvalue weighted by molar-refractivity contribution is 6.74. The Hall–Kier alpha value is -4.27. The summed E-state index contributed by atoms with van der Waals surface area (Å²) < 4.78 is 33.1. The van der Waals surface area contributed by atoms with Gasteiger partial charge in [0.05, 0.1) is 39.6 Å². The first-order chi connectivity index (χ1) is 26.7. The van der Waals surface area contributed by atoms with E-state index in [1.165, 1.54) is 0 Å². The van der Waals surface area contributed by atoms with E-state index in [4.69, 9.17) is 23.4 Å². The highest BCUT2D eigenvalue weighted by Crippen LogP contribution is 2.44. The molecule has 4 rings (SSSR count). The molecular formula is C49H64O6Si. The fraction of sp³-hybridized carbons (Fsp3) is 0.408. The zero-order valence-corrected chi connectivity index (χ0v) is 36.5. The van der Waals surface area contributed by atoms with Gasteiger partial charge in [-0.15, -0.1) is 0 Å². The molecule has 0 fully saturated rings. The molecule has 0 heterocycles. The van der Waals surface area contributed by atoms with Crippen molar-refractivity contribution in [1.82, 2.24) is 0 Å². The molecule has 0 saturated carbocycles. The molecule has 0 aliphatic heterocycles. The first kappa shape index (κ1) is 44.4. The van der Waals surface area contributed by atoms with Crippen LogP contribution in [0.2, 0.25) is 18.1 Å². The molecule has 0 bridgehead atoms. The third-order valence-corrected chi connectivity index (χ3v) is 15.6. The summed E-state index contributed by atoms with van der Waals surface area (Å²) in [5.74, 6) is 0.820. The van der Waals surface area contributed by atoms with Gasteiger partial charge in [-0.25, -0.2) is 0 Å². The second-order valence-corrected chi connectivity index (χ2v) is 21.1. The third kappa shape index (κ3) is 11.0. The predicted octanol–water partition coefficient (Wildman–Crippen LogP) is 11.6. The minimum atomic E-state index is -2.41. The summed E-state index contributed by atoms with van der Waals surface area (Å²) >= 11 is 0. The number of carbonyl (C=O) groups is 1. The van der Waals surface area contributed by atoms with Crippen LogP contribution in [-0.2, 0) is 30.9 Å². The van der Waals surface area contributed by atoms with Gasteiger partial charge in [0, 0.05) is 11.8 Å². The lowest BCUT2D eigenvalue weighted by Gasteiger charge is -2.45. The largest absolute Gasteiger partial charge is 0.497 e. The lowest BCUT2D eigenvalue weighted by molar-refractivity contribution is -0.128. The zero-order valence-electron chi connectivity index (χ0n) is 35.5. The van der Waals surface area contributed by atoms with Crippen LogP contribution in [-0.4, -0.2) is 47.6 Å². The van der Waals surface area contributed by atoms with Gasteiger partial charge in [0.1, 0.15) is 23.4 Å². The first-order valence-corrected chi connectivity index (χ1v) is 22.7. The smallest absolute Gasteiger partial charge is 0.192 e. The van der Waals surface area contributed by atoms with Crippen LogP contribution in [0.3, 0.4) is 0 Å². The Morgan fingerprint density at radius 3 is 1.71 bits per heavy atom. The average molecular weight is 777 g/mol. The maximum Gasteiger partial charge on any atom is 0.192 e. The average Bonchev–Trinajstić information content (AvgIpc) is 3.20. The lowest BCUT2D eigenvalue weighted by atomic mass is 9.79. The minimum absolute atomic E-state index is 0.0808. The van der Waals surface area contributed by atoms with Crippen molar-refractivity contribution in [3.05, 3.63) is 155 Å². The molecule has 0 spiro atoms. The molecule has 0 aliphatic rings. The van der Waals surface area contributed by atoms with E-state index in [1.54, 1.807) is 14.2 Å². The van der Waals surface area contributed by atoms with Crippen LogP contribution in [0, 0.1) is 17.8 Å². The van der Waals surface area contributed by atoms with E-state index < -0.39 is 38.0 Å². The van der Waals surface area contributed by atoms with Gasteiger partial charge in [0.2, 0.25) is 0 Å². The number of carbonyl (C=O) groups excluding carboxylic acids is 1. The molecule has 4 aromatic carbocycles. The van der Waals surface area contributed by atoms with E-state index in [0.29, 0.717) is 6.61 Å². The second kappa shape index (κ2) is 20.2. The van der Waals surface area contributed by atoms with Crippen LogP contribution in [0.25, 0.3) is 0 Å². The van der Waals surface area contributed by atoms with Gasteiger partial charge < -0.3 is 28.2 Å². The number of benzene rings is 4. The molecule has 0 N–H and O–H groups in total. The summed E-state index contributed by atoms with van der Waals surface area (Å²) in [7, 11) is 0.917. The first-order valence-electron chi connectivity index (χ1n) is 19.8. The van der Waals surface area contributed by atoms with E-state index in [9.17, 15) is 4.79 Å². The molecule has 0 radical (unpaired) electrons. The topological polar surface area (TPSA) is 63.2 Å². The lowest BCUT2D eigenvalue weighted by Crippen LogP contribution is -2.51. The SMILES string of the molecule is C/C=C\[C@H](C)/C=C(\C)[C@@H](O[Si](C)(C)C(C)(C)C)[C@@H](COC(c1ccccc1)(c1ccccc1)c1ccc(OC)cc1)[C@@H](OCc1ccc(OC)cc1)[C@H](C)C=O. The summed E-state index contributed by atoms with van der Waals surface area (Å²) in [5, 5.41) is -0.0808. The summed E-state index contributed by atoms with van der Waals surface area (Å²) in [4.78, 5) is 13.0. The number of aldehydes is 1. The van der Waals surface area contributed by atoms with Crippen LogP contribution in [0.1, 0.15) is 70.7 Å². The van der Waals surface area contributed by atoms with Crippen molar-refractivity contribution >= 4 is 14.6 Å². The van der Waals surface area contributed by atoms with Crippen molar-refractivity contribution in [2.75, 3.05) is 20.8 Å². The highest BCUT2D eigenvalue weighted by atomic mass is 28.4. The molecule has 0 amide bonds. The molecular weight excluding hydrogens is 713 g/mol.